The number of halogens is 2. The zero-order valence-corrected chi connectivity index (χ0v) is 14.1. The van der Waals surface area contributed by atoms with Crippen LogP contribution in [0.4, 0.5) is 5.69 Å². The molecular formula is C15H14BrClN2S. The van der Waals surface area contributed by atoms with Crippen LogP contribution in [0.1, 0.15) is 11.1 Å². The van der Waals surface area contributed by atoms with Crippen molar-refractivity contribution in [2.45, 2.75) is 13.5 Å². The highest BCUT2D eigenvalue weighted by molar-refractivity contribution is 9.10. The number of benzene rings is 2. The molecule has 2 rings (SSSR count). The molecule has 0 aliphatic heterocycles. The highest BCUT2D eigenvalue weighted by atomic mass is 79.9. The van der Waals surface area contributed by atoms with Crippen LogP contribution < -0.4 is 10.6 Å². The molecule has 0 radical (unpaired) electrons. The Morgan fingerprint density at radius 3 is 2.75 bits per heavy atom. The van der Waals surface area contributed by atoms with Gasteiger partial charge < -0.3 is 10.6 Å². The molecule has 0 bridgehead atoms. The Morgan fingerprint density at radius 2 is 2.05 bits per heavy atom. The second-order valence-corrected chi connectivity index (χ2v) is 6.10. The summed E-state index contributed by atoms with van der Waals surface area (Å²) in [5.74, 6) is 0. The highest BCUT2D eigenvalue weighted by Gasteiger charge is 2.01. The first-order valence-corrected chi connectivity index (χ1v) is 7.68. The molecule has 2 aromatic rings. The van der Waals surface area contributed by atoms with Gasteiger partial charge in [-0.15, -0.1) is 0 Å². The third kappa shape index (κ3) is 4.47. The normalized spacial score (nSPS) is 10.2. The number of anilines is 1. The van der Waals surface area contributed by atoms with Crippen molar-refractivity contribution in [3.05, 3.63) is 63.1 Å². The summed E-state index contributed by atoms with van der Waals surface area (Å²) >= 11 is 14.7. The lowest BCUT2D eigenvalue weighted by Gasteiger charge is -2.11. The van der Waals surface area contributed by atoms with Crippen LogP contribution in [-0.2, 0) is 6.54 Å². The minimum absolute atomic E-state index is 0.574. The molecule has 5 heteroatoms. The number of rotatable bonds is 3. The molecule has 0 spiro atoms. The van der Waals surface area contributed by atoms with Gasteiger partial charge in [-0.3, -0.25) is 0 Å². The van der Waals surface area contributed by atoms with E-state index in [2.05, 4.69) is 51.7 Å². The minimum Gasteiger partial charge on any atom is -0.358 e. The monoisotopic (exact) mass is 368 g/mol. The summed E-state index contributed by atoms with van der Waals surface area (Å²) in [7, 11) is 0. The molecule has 0 saturated carbocycles. The number of nitrogens with one attached hydrogen (secondary N) is 2. The van der Waals surface area contributed by atoms with Gasteiger partial charge in [0.25, 0.3) is 0 Å². The van der Waals surface area contributed by atoms with Crippen LogP contribution in [0.3, 0.4) is 0 Å². The molecule has 20 heavy (non-hydrogen) atoms. The molecule has 0 aliphatic rings. The lowest BCUT2D eigenvalue weighted by atomic mass is 10.1. The van der Waals surface area contributed by atoms with Crippen LogP contribution in [0.25, 0.3) is 0 Å². The zero-order chi connectivity index (χ0) is 14.5. The molecule has 2 nitrogen and oxygen atoms in total. The quantitative estimate of drug-likeness (QED) is 0.753. The smallest absolute Gasteiger partial charge is 0.171 e. The van der Waals surface area contributed by atoms with E-state index >= 15 is 0 Å². The van der Waals surface area contributed by atoms with E-state index in [0.717, 1.165) is 10.2 Å². The summed E-state index contributed by atoms with van der Waals surface area (Å²) in [5, 5.41) is 7.51. The molecule has 0 heterocycles. The Balaban J connectivity index is 1.91. The van der Waals surface area contributed by atoms with Gasteiger partial charge in [0.1, 0.15) is 0 Å². The fourth-order valence-electron chi connectivity index (χ4n) is 1.75. The lowest BCUT2D eigenvalue weighted by Crippen LogP contribution is -2.27. The predicted octanol–water partition coefficient (Wildman–Crippen LogP) is 4.90. The molecule has 0 atom stereocenters. The Morgan fingerprint density at radius 1 is 1.25 bits per heavy atom. The van der Waals surface area contributed by atoms with Gasteiger partial charge in [0, 0.05) is 16.7 Å². The van der Waals surface area contributed by atoms with Gasteiger partial charge in [-0.25, -0.2) is 0 Å². The van der Waals surface area contributed by atoms with Crippen LogP contribution in [0.5, 0.6) is 0 Å². The molecule has 0 aliphatic carbocycles. The highest BCUT2D eigenvalue weighted by Crippen LogP contribution is 2.25. The van der Waals surface area contributed by atoms with Crippen molar-refractivity contribution in [3.63, 3.8) is 0 Å². The maximum Gasteiger partial charge on any atom is 0.171 e. The van der Waals surface area contributed by atoms with Gasteiger partial charge in [0.15, 0.2) is 5.11 Å². The summed E-state index contributed by atoms with van der Waals surface area (Å²) in [4.78, 5) is 0. The van der Waals surface area contributed by atoms with Crippen LogP contribution in [0.2, 0.25) is 5.02 Å². The van der Waals surface area contributed by atoms with E-state index in [1.807, 2.05) is 24.3 Å². The van der Waals surface area contributed by atoms with Gasteiger partial charge in [0.2, 0.25) is 0 Å². The second-order valence-electron chi connectivity index (χ2n) is 4.43. The topological polar surface area (TPSA) is 24.1 Å². The SMILES string of the molecule is Cc1cccc(CNC(=S)Nc2ccc(Br)c(Cl)c2)c1. The summed E-state index contributed by atoms with van der Waals surface area (Å²) in [5.41, 5.74) is 3.30. The average molecular weight is 370 g/mol. The van der Waals surface area contributed by atoms with Gasteiger partial charge in [-0.05, 0) is 58.8 Å². The van der Waals surface area contributed by atoms with Crippen molar-refractivity contribution in [2.24, 2.45) is 0 Å². The third-order valence-corrected chi connectivity index (χ3v) is 4.19. The van der Waals surface area contributed by atoms with Crippen molar-refractivity contribution >= 4 is 50.5 Å². The minimum atomic E-state index is 0.574. The number of aryl methyl sites for hydroxylation is 1. The molecule has 0 saturated heterocycles. The van der Waals surface area contributed by atoms with Crippen LogP contribution in [0, 0.1) is 6.92 Å². The van der Waals surface area contributed by atoms with Crippen molar-refractivity contribution < 1.29 is 0 Å². The zero-order valence-electron chi connectivity index (χ0n) is 10.9. The van der Waals surface area contributed by atoms with Crippen molar-refractivity contribution in [2.75, 3.05) is 5.32 Å². The summed E-state index contributed by atoms with van der Waals surface area (Å²) in [6.07, 6.45) is 0. The van der Waals surface area contributed by atoms with Crippen LogP contribution in [-0.4, -0.2) is 5.11 Å². The van der Waals surface area contributed by atoms with E-state index < -0.39 is 0 Å². The maximum atomic E-state index is 6.04. The molecule has 0 fully saturated rings. The Bertz CT molecular complexity index is 631. The van der Waals surface area contributed by atoms with Crippen LogP contribution >= 0.6 is 39.7 Å². The van der Waals surface area contributed by atoms with E-state index in [1.165, 1.54) is 11.1 Å². The Labute approximate surface area is 137 Å². The van der Waals surface area contributed by atoms with E-state index in [-0.39, 0.29) is 0 Å². The molecule has 0 unspecified atom stereocenters. The summed E-state index contributed by atoms with van der Waals surface area (Å²) in [6, 6.07) is 13.9. The number of hydrogen-bond donors (Lipinski definition) is 2. The fraction of sp³-hybridized carbons (Fsp3) is 0.133. The van der Waals surface area contributed by atoms with Crippen molar-refractivity contribution in [3.8, 4) is 0 Å². The fourth-order valence-corrected chi connectivity index (χ4v) is 2.37. The first kappa shape index (κ1) is 15.3. The van der Waals surface area contributed by atoms with E-state index in [4.69, 9.17) is 23.8 Å². The molecule has 104 valence electrons. The third-order valence-electron chi connectivity index (χ3n) is 2.71. The average Bonchev–Trinajstić information content (AvgIpc) is 2.41. The number of hydrogen-bond acceptors (Lipinski definition) is 1. The Kier molecular flexibility index (Phi) is 5.40. The van der Waals surface area contributed by atoms with Gasteiger partial charge in [0.05, 0.1) is 5.02 Å². The van der Waals surface area contributed by atoms with E-state index in [0.29, 0.717) is 16.7 Å². The maximum absolute atomic E-state index is 6.04. The van der Waals surface area contributed by atoms with Gasteiger partial charge in [-0.2, -0.15) is 0 Å². The molecular weight excluding hydrogens is 356 g/mol. The summed E-state index contributed by atoms with van der Waals surface area (Å²) < 4.78 is 0.864. The van der Waals surface area contributed by atoms with Gasteiger partial charge in [-0.1, -0.05) is 41.4 Å². The molecule has 2 N–H and O–H groups in total. The Hall–Kier alpha value is -1.10. The van der Waals surface area contributed by atoms with Crippen molar-refractivity contribution in [1.29, 1.82) is 0 Å². The molecule has 0 amide bonds. The lowest BCUT2D eigenvalue weighted by molar-refractivity contribution is 0.924. The van der Waals surface area contributed by atoms with Crippen molar-refractivity contribution in [1.82, 2.24) is 5.32 Å². The molecule has 0 aromatic heterocycles. The largest absolute Gasteiger partial charge is 0.358 e. The first-order valence-electron chi connectivity index (χ1n) is 6.10. The van der Waals surface area contributed by atoms with Crippen LogP contribution in [0.15, 0.2) is 46.9 Å². The molecule has 2 aromatic carbocycles. The van der Waals surface area contributed by atoms with E-state index in [9.17, 15) is 0 Å². The second kappa shape index (κ2) is 7.07. The summed E-state index contributed by atoms with van der Waals surface area (Å²) in [6.45, 7) is 2.77. The first-order chi connectivity index (χ1) is 9.54. The standard InChI is InChI=1S/C15H14BrClN2S/c1-10-3-2-4-11(7-10)9-18-15(20)19-12-5-6-13(16)14(17)8-12/h2-8H,9H2,1H3,(H2,18,19,20). The predicted molar refractivity (Wildman–Crippen MR) is 93.4 cm³/mol. The van der Waals surface area contributed by atoms with E-state index in [1.54, 1.807) is 0 Å². The number of thiocarbonyl (C=S) groups is 1. The van der Waals surface area contributed by atoms with Gasteiger partial charge >= 0.3 is 0 Å².